The molecule has 1 N–H and O–H groups in total. The molecular weight excluding hydrogens is 376 g/mol. The molecule has 0 unspecified atom stereocenters. The topological polar surface area (TPSA) is 58.6 Å². The molecule has 30 heavy (non-hydrogen) atoms. The van der Waals surface area contributed by atoms with Gasteiger partial charge in [-0.2, -0.15) is 0 Å². The number of aryl methyl sites for hydroxylation is 3. The van der Waals surface area contributed by atoms with Gasteiger partial charge in [-0.05, 0) is 65.7 Å². The molecule has 0 radical (unpaired) electrons. The van der Waals surface area contributed by atoms with E-state index in [1.54, 1.807) is 11.8 Å². The van der Waals surface area contributed by atoms with E-state index in [1.165, 1.54) is 0 Å². The Morgan fingerprint density at radius 3 is 2.17 bits per heavy atom. The van der Waals surface area contributed by atoms with Gasteiger partial charge in [0.1, 0.15) is 11.8 Å². The fourth-order valence-electron chi connectivity index (χ4n) is 3.13. The van der Waals surface area contributed by atoms with Gasteiger partial charge < -0.3 is 15.0 Å². The quantitative estimate of drug-likeness (QED) is 0.739. The molecule has 0 aliphatic rings. The SMILES string of the molecule is Cc1ccc(CN(C(=O)COc2ccc(C)cc2C)[C@H](C)C(=O)NC(C)(C)C)cc1. The molecule has 0 aliphatic carbocycles. The standard InChI is InChI=1S/C25H34N2O3/c1-17-8-11-21(12-9-17)15-27(20(4)24(29)26-25(5,6)7)23(28)16-30-22-13-10-18(2)14-19(22)3/h8-14,20H,15-16H2,1-7H3,(H,26,29)/t20-/m1/s1. The molecule has 0 heterocycles. The van der Waals surface area contributed by atoms with Gasteiger partial charge in [-0.1, -0.05) is 47.5 Å². The largest absolute Gasteiger partial charge is 0.483 e. The van der Waals surface area contributed by atoms with Crippen molar-refractivity contribution in [3.63, 3.8) is 0 Å². The van der Waals surface area contributed by atoms with E-state index in [2.05, 4.69) is 5.32 Å². The van der Waals surface area contributed by atoms with E-state index in [-0.39, 0.29) is 24.0 Å². The molecule has 0 spiro atoms. The Labute approximate surface area is 180 Å². The molecule has 5 nitrogen and oxygen atoms in total. The summed E-state index contributed by atoms with van der Waals surface area (Å²) in [5.74, 6) is 0.262. The Bertz CT molecular complexity index is 882. The molecular formula is C25H34N2O3. The lowest BCUT2D eigenvalue weighted by molar-refractivity contribution is -0.142. The van der Waals surface area contributed by atoms with Crippen molar-refractivity contribution < 1.29 is 14.3 Å². The second-order valence-corrected chi connectivity index (χ2v) is 8.98. The number of amides is 2. The van der Waals surface area contributed by atoms with E-state index in [1.807, 2.05) is 84.0 Å². The highest BCUT2D eigenvalue weighted by molar-refractivity contribution is 5.88. The Balaban J connectivity index is 2.18. The van der Waals surface area contributed by atoms with Crippen molar-refractivity contribution in [1.82, 2.24) is 10.2 Å². The third-order valence-corrected chi connectivity index (χ3v) is 4.82. The molecule has 0 fully saturated rings. The average Bonchev–Trinajstić information content (AvgIpc) is 2.64. The van der Waals surface area contributed by atoms with Crippen molar-refractivity contribution in [3.05, 3.63) is 64.7 Å². The number of hydrogen-bond acceptors (Lipinski definition) is 3. The van der Waals surface area contributed by atoms with Crippen LogP contribution < -0.4 is 10.1 Å². The molecule has 2 amide bonds. The van der Waals surface area contributed by atoms with Crippen LogP contribution in [0, 0.1) is 20.8 Å². The van der Waals surface area contributed by atoms with Gasteiger partial charge in [0.15, 0.2) is 6.61 Å². The van der Waals surface area contributed by atoms with E-state index in [0.29, 0.717) is 12.3 Å². The summed E-state index contributed by atoms with van der Waals surface area (Å²) >= 11 is 0. The van der Waals surface area contributed by atoms with Gasteiger partial charge >= 0.3 is 0 Å². The Morgan fingerprint density at radius 2 is 1.60 bits per heavy atom. The minimum atomic E-state index is -0.624. The number of carbonyl (C=O) groups is 2. The second-order valence-electron chi connectivity index (χ2n) is 8.98. The summed E-state index contributed by atoms with van der Waals surface area (Å²) in [5.41, 5.74) is 3.86. The van der Waals surface area contributed by atoms with Crippen LogP contribution in [0.1, 0.15) is 49.9 Å². The zero-order valence-corrected chi connectivity index (χ0v) is 19.2. The zero-order chi connectivity index (χ0) is 22.5. The number of nitrogens with one attached hydrogen (secondary N) is 1. The first-order valence-corrected chi connectivity index (χ1v) is 10.3. The molecule has 1 atom stereocenters. The van der Waals surface area contributed by atoms with Gasteiger partial charge in [0, 0.05) is 12.1 Å². The van der Waals surface area contributed by atoms with Gasteiger partial charge in [0.25, 0.3) is 5.91 Å². The molecule has 2 rings (SSSR count). The van der Waals surface area contributed by atoms with Gasteiger partial charge in [0.05, 0.1) is 0 Å². The summed E-state index contributed by atoms with van der Waals surface area (Å²) in [6, 6.07) is 13.2. The lowest BCUT2D eigenvalue weighted by atomic mass is 10.1. The van der Waals surface area contributed by atoms with Crippen molar-refractivity contribution in [1.29, 1.82) is 0 Å². The predicted molar refractivity (Wildman–Crippen MR) is 120 cm³/mol. The minimum Gasteiger partial charge on any atom is -0.483 e. The van der Waals surface area contributed by atoms with Crippen LogP contribution in [0.3, 0.4) is 0 Å². The molecule has 0 aliphatic heterocycles. The second kappa shape index (κ2) is 9.79. The van der Waals surface area contributed by atoms with Crippen LogP contribution in [0.15, 0.2) is 42.5 Å². The number of ether oxygens (including phenoxy) is 1. The summed E-state index contributed by atoms with van der Waals surface area (Å²) in [5, 5.41) is 2.96. The minimum absolute atomic E-state index is 0.122. The molecule has 2 aromatic carbocycles. The highest BCUT2D eigenvalue weighted by Gasteiger charge is 2.28. The molecule has 0 aromatic heterocycles. The lowest BCUT2D eigenvalue weighted by Gasteiger charge is -2.31. The first kappa shape index (κ1) is 23.5. The Hall–Kier alpha value is -2.82. The van der Waals surface area contributed by atoms with Crippen LogP contribution in [-0.2, 0) is 16.1 Å². The smallest absolute Gasteiger partial charge is 0.261 e. The number of carbonyl (C=O) groups excluding carboxylic acids is 2. The van der Waals surface area contributed by atoms with E-state index < -0.39 is 6.04 Å². The van der Waals surface area contributed by atoms with E-state index >= 15 is 0 Å². The summed E-state index contributed by atoms with van der Waals surface area (Å²) in [7, 11) is 0. The maximum Gasteiger partial charge on any atom is 0.261 e. The monoisotopic (exact) mass is 410 g/mol. The van der Waals surface area contributed by atoms with Crippen LogP contribution in [0.5, 0.6) is 5.75 Å². The average molecular weight is 411 g/mol. The van der Waals surface area contributed by atoms with Crippen molar-refractivity contribution in [2.75, 3.05) is 6.61 Å². The normalized spacial score (nSPS) is 12.2. The molecule has 162 valence electrons. The molecule has 0 bridgehead atoms. The maximum atomic E-state index is 13.1. The van der Waals surface area contributed by atoms with E-state index in [0.717, 1.165) is 22.3 Å². The van der Waals surface area contributed by atoms with Crippen LogP contribution in [0.25, 0.3) is 0 Å². The molecule has 0 saturated heterocycles. The van der Waals surface area contributed by atoms with Gasteiger partial charge in [0.2, 0.25) is 5.91 Å². The highest BCUT2D eigenvalue weighted by atomic mass is 16.5. The number of hydrogen-bond donors (Lipinski definition) is 1. The summed E-state index contributed by atoms with van der Waals surface area (Å²) in [6.45, 7) is 13.7. The van der Waals surface area contributed by atoms with Crippen LogP contribution >= 0.6 is 0 Å². The van der Waals surface area contributed by atoms with Gasteiger partial charge in [-0.3, -0.25) is 9.59 Å². The summed E-state index contributed by atoms with van der Waals surface area (Å²) in [6.07, 6.45) is 0. The van der Waals surface area contributed by atoms with Gasteiger partial charge in [-0.25, -0.2) is 0 Å². The predicted octanol–water partition coefficient (Wildman–Crippen LogP) is 4.32. The van der Waals surface area contributed by atoms with Crippen LogP contribution in [0.4, 0.5) is 0 Å². The number of nitrogens with zero attached hydrogens (tertiary/aromatic N) is 1. The molecule has 5 heteroatoms. The number of benzene rings is 2. The first-order chi connectivity index (χ1) is 14.0. The Kier molecular flexibility index (Phi) is 7.65. The highest BCUT2D eigenvalue weighted by Crippen LogP contribution is 2.19. The lowest BCUT2D eigenvalue weighted by Crippen LogP contribution is -2.53. The van der Waals surface area contributed by atoms with E-state index in [4.69, 9.17) is 4.74 Å². The van der Waals surface area contributed by atoms with Crippen LogP contribution in [0.2, 0.25) is 0 Å². The van der Waals surface area contributed by atoms with Crippen molar-refractivity contribution in [3.8, 4) is 5.75 Å². The third kappa shape index (κ3) is 6.90. The molecule has 2 aromatic rings. The number of rotatable bonds is 7. The van der Waals surface area contributed by atoms with Crippen molar-refractivity contribution in [2.24, 2.45) is 0 Å². The maximum absolute atomic E-state index is 13.1. The Morgan fingerprint density at radius 1 is 1.00 bits per heavy atom. The summed E-state index contributed by atoms with van der Waals surface area (Å²) in [4.78, 5) is 27.4. The molecule has 0 saturated carbocycles. The zero-order valence-electron chi connectivity index (χ0n) is 19.2. The third-order valence-electron chi connectivity index (χ3n) is 4.82. The fourth-order valence-corrected chi connectivity index (χ4v) is 3.13. The fraction of sp³-hybridized carbons (Fsp3) is 0.440. The van der Waals surface area contributed by atoms with Gasteiger partial charge in [-0.15, -0.1) is 0 Å². The van der Waals surface area contributed by atoms with Crippen LogP contribution in [-0.4, -0.2) is 34.9 Å². The first-order valence-electron chi connectivity index (χ1n) is 10.3. The van der Waals surface area contributed by atoms with Crippen molar-refractivity contribution in [2.45, 2.75) is 66.6 Å². The van der Waals surface area contributed by atoms with Crippen molar-refractivity contribution >= 4 is 11.8 Å². The summed E-state index contributed by atoms with van der Waals surface area (Å²) < 4.78 is 5.80. The van der Waals surface area contributed by atoms with E-state index in [9.17, 15) is 9.59 Å².